The van der Waals surface area contributed by atoms with Crippen LogP contribution in [0, 0.1) is 0 Å². The normalized spacial score (nSPS) is 24.2. The first-order valence-electron chi connectivity index (χ1n) is 5.83. The standard InChI is InChI=1S/C13H20N2O/c1-14-13(11-6-4-3-5-7-11)12-10-15(2)8-9-16-12/h3-7,12-14H,8-10H2,1-2H3. The van der Waals surface area contributed by atoms with E-state index in [4.69, 9.17) is 4.74 Å². The van der Waals surface area contributed by atoms with Crippen LogP contribution in [0.5, 0.6) is 0 Å². The van der Waals surface area contributed by atoms with Gasteiger partial charge in [-0.2, -0.15) is 0 Å². The maximum absolute atomic E-state index is 5.85. The van der Waals surface area contributed by atoms with Gasteiger partial charge in [-0.3, -0.25) is 0 Å². The Labute approximate surface area is 97.4 Å². The second-order valence-corrected chi connectivity index (χ2v) is 4.35. The van der Waals surface area contributed by atoms with E-state index in [0.29, 0.717) is 0 Å². The van der Waals surface area contributed by atoms with E-state index in [0.717, 1.165) is 19.7 Å². The van der Waals surface area contributed by atoms with E-state index in [1.165, 1.54) is 5.56 Å². The number of hydrogen-bond donors (Lipinski definition) is 1. The van der Waals surface area contributed by atoms with Gasteiger partial charge >= 0.3 is 0 Å². The summed E-state index contributed by atoms with van der Waals surface area (Å²) in [6.07, 6.45) is 0.242. The van der Waals surface area contributed by atoms with E-state index in [-0.39, 0.29) is 12.1 Å². The molecule has 3 nitrogen and oxygen atoms in total. The van der Waals surface area contributed by atoms with E-state index in [1.807, 2.05) is 13.1 Å². The van der Waals surface area contributed by atoms with E-state index in [9.17, 15) is 0 Å². The van der Waals surface area contributed by atoms with Crippen LogP contribution >= 0.6 is 0 Å². The van der Waals surface area contributed by atoms with E-state index in [2.05, 4.69) is 41.5 Å². The Morgan fingerprint density at radius 2 is 2.12 bits per heavy atom. The first-order chi connectivity index (χ1) is 7.81. The van der Waals surface area contributed by atoms with Crippen LogP contribution < -0.4 is 5.32 Å². The Morgan fingerprint density at radius 1 is 1.38 bits per heavy atom. The quantitative estimate of drug-likeness (QED) is 0.830. The fourth-order valence-electron chi connectivity index (χ4n) is 2.24. The summed E-state index contributed by atoms with van der Waals surface area (Å²) in [5.74, 6) is 0. The molecular formula is C13H20N2O. The molecule has 1 heterocycles. The van der Waals surface area contributed by atoms with Crippen LogP contribution in [0.15, 0.2) is 30.3 Å². The van der Waals surface area contributed by atoms with Gasteiger partial charge in [-0.05, 0) is 19.7 Å². The van der Waals surface area contributed by atoms with Crippen molar-refractivity contribution in [1.29, 1.82) is 0 Å². The molecule has 1 aliphatic heterocycles. The molecule has 0 amide bonds. The number of ether oxygens (including phenoxy) is 1. The highest BCUT2D eigenvalue weighted by molar-refractivity contribution is 5.20. The molecule has 1 aliphatic rings. The minimum absolute atomic E-state index is 0.242. The molecule has 1 saturated heterocycles. The molecule has 0 aromatic heterocycles. The molecule has 2 rings (SSSR count). The number of rotatable bonds is 3. The highest BCUT2D eigenvalue weighted by atomic mass is 16.5. The summed E-state index contributed by atoms with van der Waals surface area (Å²) in [5, 5.41) is 3.36. The van der Waals surface area contributed by atoms with Gasteiger partial charge in [-0.1, -0.05) is 30.3 Å². The predicted octanol–water partition coefficient (Wildman–Crippen LogP) is 1.28. The summed E-state index contributed by atoms with van der Waals surface area (Å²) in [6, 6.07) is 10.8. The maximum atomic E-state index is 5.85. The molecule has 0 aliphatic carbocycles. The molecule has 0 spiro atoms. The van der Waals surface area contributed by atoms with Crippen LogP contribution in [0.3, 0.4) is 0 Å². The third kappa shape index (κ3) is 2.61. The lowest BCUT2D eigenvalue weighted by Crippen LogP contribution is -2.46. The highest BCUT2D eigenvalue weighted by Crippen LogP contribution is 2.21. The minimum atomic E-state index is 0.242. The van der Waals surface area contributed by atoms with Crippen molar-refractivity contribution < 1.29 is 4.74 Å². The van der Waals surface area contributed by atoms with E-state index in [1.54, 1.807) is 0 Å². The number of hydrogen-bond acceptors (Lipinski definition) is 3. The lowest BCUT2D eigenvalue weighted by molar-refractivity contribution is -0.0380. The molecule has 0 radical (unpaired) electrons. The summed E-state index contributed by atoms with van der Waals surface area (Å²) in [6.45, 7) is 2.84. The van der Waals surface area contributed by atoms with Crippen molar-refractivity contribution in [2.75, 3.05) is 33.8 Å². The minimum Gasteiger partial charge on any atom is -0.374 e. The third-order valence-corrected chi connectivity index (χ3v) is 3.14. The third-order valence-electron chi connectivity index (χ3n) is 3.14. The zero-order valence-corrected chi connectivity index (χ0v) is 10.0. The zero-order chi connectivity index (χ0) is 11.4. The second-order valence-electron chi connectivity index (χ2n) is 4.35. The largest absolute Gasteiger partial charge is 0.374 e. The average Bonchev–Trinajstić information content (AvgIpc) is 2.31. The number of benzene rings is 1. The molecule has 1 aromatic carbocycles. The van der Waals surface area contributed by atoms with Crippen LogP contribution in [0.25, 0.3) is 0 Å². The van der Waals surface area contributed by atoms with E-state index >= 15 is 0 Å². The summed E-state index contributed by atoms with van der Waals surface area (Å²) >= 11 is 0. The average molecular weight is 220 g/mol. The molecule has 1 aromatic rings. The highest BCUT2D eigenvalue weighted by Gasteiger charge is 2.26. The van der Waals surface area contributed by atoms with Gasteiger partial charge in [0, 0.05) is 13.1 Å². The molecule has 16 heavy (non-hydrogen) atoms. The molecule has 0 saturated carbocycles. The lowest BCUT2D eigenvalue weighted by atomic mass is 10.0. The van der Waals surface area contributed by atoms with Crippen molar-refractivity contribution in [2.24, 2.45) is 0 Å². The lowest BCUT2D eigenvalue weighted by Gasteiger charge is -2.35. The topological polar surface area (TPSA) is 24.5 Å². The van der Waals surface area contributed by atoms with Gasteiger partial charge in [-0.15, -0.1) is 0 Å². The van der Waals surface area contributed by atoms with Gasteiger partial charge in [0.15, 0.2) is 0 Å². The Kier molecular flexibility index (Phi) is 3.93. The molecule has 2 unspecified atom stereocenters. The van der Waals surface area contributed by atoms with Gasteiger partial charge in [0.05, 0.1) is 18.8 Å². The zero-order valence-electron chi connectivity index (χ0n) is 10.0. The predicted molar refractivity (Wildman–Crippen MR) is 65.5 cm³/mol. The Morgan fingerprint density at radius 3 is 2.75 bits per heavy atom. The summed E-state index contributed by atoms with van der Waals surface area (Å²) in [4.78, 5) is 2.32. The van der Waals surface area contributed by atoms with Crippen LogP contribution in [0.2, 0.25) is 0 Å². The van der Waals surface area contributed by atoms with Gasteiger partial charge in [0.25, 0.3) is 0 Å². The van der Waals surface area contributed by atoms with Gasteiger partial charge in [-0.25, -0.2) is 0 Å². The molecule has 1 fully saturated rings. The summed E-state index contributed by atoms with van der Waals surface area (Å²) < 4.78 is 5.85. The van der Waals surface area contributed by atoms with Crippen molar-refractivity contribution >= 4 is 0 Å². The van der Waals surface area contributed by atoms with Crippen LogP contribution in [0.1, 0.15) is 11.6 Å². The van der Waals surface area contributed by atoms with Gasteiger partial charge in [0.1, 0.15) is 0 Å². The van der Waals surface area contributed by atoms with Crippen molar-refractivity contribution in [1.82, 2.24) is 10.2 Å². The smallest absolute Gasteiger partial charge is 0.0896 e. The summed E-state index contributed by atoms with van der Waals surface area (Å²) in [7, 11) is 4.14. The molecule has 0 bridgehead atoms. The molecule has 2 atom stereocenters. The molecular weight excluding hydrogens is 200 g/mol. The first kappa shape index (κ1) is 11.6. The number of morpholine rings is 1. The summed E-state index contributed by atoms with van der Waals surface area (Å²) in [5.41, 5.74) is 1.30. The fraction of sp³-hybridized carbons (Fsp3) is 0.538. The number of likely N-dealkylation sites (N-methyl/N-ethyl adjacent to an activating group) is 2. The Balaban J connectivity index is 2.10. The molecule has 3 heteroatoms. The van der Waals surface area contributed by atoms with Gasteiger partial charge < -0.3 is 15.0 Å². The van der Waals surface area contributed by atoms with Crippen molar-refractivity contribution in [3.63, 3.8) is 0 Å². The van der Waals surface area contributed by atoms with Crippen molar-refractivity contribution in [2.45, 2.75) is 12.1 Å². The van der Waals surface area contributed by atoms with Crippen molar-refractivity contribution in [3.8, 4) is 0 Å². The van der Waals surface area contributed by atoms with Crippen molar-refractivity contribution in [3.05, 3.63) is 35.9 Å². The number of nitrogens with one attached hydrogen (secondary N) is 1. The Bertz CT molecular complexity index is 315. The monoisotopic (exact) mass is 220 g/mol. The first-order valence-corrected chi connectivity index (χ1v) is 5.83. The maximum Gasteiger partial charge on any atom is 0.0896 e. The fourth-order valence-corrected chi connectivity index (χ4v) is 2.24. The van der Waals surface area contributed by atoms with Crippen LogP contribution in [0.4, 0.5) is 0 Å². The van der Waals surface area contributed by atoms with Gasteiger partial charge in [0.2, 0.25) is 0 Å². The number of nitrogens with zero attached hydrogens (tertiary/aromatic N) is 1. The molecule has 1 N–H and O–H groups in total. The molecule has 88 valence electrons. The second kappa shape index (κ2) is 5.43. The van der Waals surface area contributed by atoms with Crippen LogP contribution in [-0.4, -0.2) is 44.8 Å². The van der Waals surface area contributed by atoms with Crippen LogP contribution in [-0.2, 0) is 4.74 Å². The SMILES string of the molecule is CNC(c1ccccc1)C1CN(C)CCO1. The van der Waals surface area contributed by atoms with E-state index < -0.39 is 0 Å². The Hall–Kier alpha value is -0.900.